The Balaban J connectivity index is 1.68. The summed E-state index contributed by atoms with van der Waals surface area (Å²) in [5, 5.41) is 5.66. The van der Waals surface area contributed by atoms with Crippen LogP contribution in [0.25, 0.3) is 11.3 Å². The first-order chi connectivity index (χ1) is 13.3. The van der Waals surface area contributed by atoms with E-state index in [0.717, 1.165) is 4.31 Å². The molecule has 0 aliphatic heterocycles. The van der Waals surface area contributed by atoms with Crippen LogP contribution in [-0.4, -0.2) is 37.2 Å². The molecule has 1 aromatic heterocycles. The minimum Gasteiger partial charge on any atom is -0.301 e. The van der Waals surface area contributed by atoms with E-state index in [9.17, 15) is 13.2 Å². The molecule has 0 fully saturated rings. The molecule has 0 aliphatic rings. The van der Waals surface area contributed by atoms with Crippen molar-refractivity contribution in [3.05, 3.63) is 64.0 Å². The molecule has 3 aromatic rings. The molecular formula is C18H15Cl2N3O3S2. The van der Waals surface area contributed by atoms with Gasteiger partial charge in [-0.05, 0) is 30.3 Å². The van der Waals surface area contributed by atoms with E-state index < -0.39 is 15.9 Å². The number of benzene rings is 2. The quantitative estimate of drug-likeness (QED) is 0.597. The Hall–Kier alpha value is -1.97. The number of rotatable bonds is 6. The molecule has 0 radical (unpaired) electrons. The van der Waals surface area contributed by atoms with Gasteiger partial charge in [0.25, 0.3) is 0 Å². The summed E-state index contributed by atoms with van der Waals surface area (Å²) in [6, 6.07) is 13.0. The molecule has 1 N–H and O–H groups in total. The van der Waals surface area contributed by atoms with Gasteiger partial charge in [0, 0.05) is 23.0 Å². The number of likely N-dealkylation sites (N-methyl/N-ethyl adjacent to an activating group) is 1. The first-order valence-corrected chi connectivity index (χ1v) is 11.1. The van der Waals surface area contributed by atoms with E-state index in [1.54, 1.807) is 41.8 Å². The topological polar surface area (TPSA) is 79.4 Å². The summed E-state index contributed by atoms with van der Waals surface area (Å²) in [4.78, 5) is 16.7. The van der Waals surface area contributed by atoms with Crippen LogP contribution in [0, 0.1) is 0 Å². The lowest BCUT2D eigenvalue weighted by molar-refractivity contribution is -0.116. The Kier molecular flexibility index (Phi) is 6.36. The molecule has 1 amide bonds. The van der Waals surface area contributed by atoms with E-state index in [2.05, 4.69) is 10.3 Å². The van der Waals surface area contributed by atoms with Crippen LogP contribution in [0.4, 0.5) is 5.13 Å². The largest absolute Gasteiger partial charge is 0.301 e. The molecule has 0 saturated carbocycles. The third-order valence-electron chi connectivity index (χ3n) is 3.78. The van der Waals surface area contributed by atoms with Crippen LogP contribution in [0.2, 0.25) is 10.0 Å². The Morgan fingerprint density at radius 3 is 2.57 bits per heavy atom. The Labute approximate surface area is 176 Å². The van der Waals surface area contributed by atoms with Crippen LogP contribution in [-0.2, 0) is 14.8 Å². The second-order valence-electron chi connectivity index (χ2n) is 5.78. The maximum absolute atomic E-state index is 12.5. The van der Waals surface area contributed by atoms with Crippen molar-refractivity contribution >= 4 is 55.6 Å². The number of anilines is 1. The van der Waals surface area contributed by atoms with E-state index in [1.165, 1.54) is 30.5 Å². The number of carbonyl (C=O) groups is 1. The van der Waals surface area contributed by atoms with E-state index in [1.807, 2.05) is 0 Å². The van der Waals surface area contributed by atoms with Gasteiger partial charge >= 0.3 is 0 Å². The zero-order chi connectivity index (χ0) is 20.3. The Bertz CT molecular complexity index is 1100. The summed E-state index contributed by atoms with van der Waals surface area (Å²) >= 11 is 13.3. The highest BCUT2D eigenvalue weighted by atomic mass is 35.5. The highest BCUT2D eigenvalue weighted by Crippen LogP contribution is 2.32. The van der Waals surface area contributed by atoms with Crippen LogP contribution >= 0.6 is 34.5 Å². The predicted molar refractivity (Wildman–Crippen MR) is 112 cm³/mol. The van der Waals surface area contributed by atoms with Gasteiger partial charge in [-0.15, -0.1) is 11.3 Å². The van der Waals surface area contributed by atoms with E-state index in [0.29, 0.717) is 26.4 Å². The second-order valence-corrected chi connectivity index (χ2v) is 9.53. The van der Waals surface area contributed by atoms with Crippen molar-refractivity contribution in [2.45, 2.75) is 4.90 Å². The third kappa shape index (κ3) is 4.71. The van der Waals surface area contributed by atoms with Crippen molar-refractivity contribution < 1.29 is 13.2 Å². The number of hydrogen-bond acceptors (Lipinski definition) is 5. The Morgan fingerprint density at radius 2 is 1.89 bits per heavy atom. The molecule has 3 rings (SSSR count). The summed E-state index contributed by atoms with van der Waals surface area (Å²) < 4.78 is 26.0. The number of sulfonamides is 1. The van der Waals surface area contributed by atoms with E-state index in [4.69, 9.17) is 23.2 Å². The smallest absolute Gasteiger partial charge is 0.243 e. The van der Waals surface area contributed by atoms with E-state index >= 15 is 0 Å². The minimum atomic E-state index is -3.75. The molecule has 28 heavy (non-hydrogen) atoms. The summed E-state index contributed by atoms with van der Waals surface area (Å²) in [6.45, 7) is -0.339. The molecule has 0 spiro atoms. The summed E-state index contributed by atoms with van der Waals surface area (Å²) in [7, 11) is -2.40. The fourth-order valence-corrected chi connectivity index (χ4v) is 4.75. The number of halogens is 2. The predicted octanol–water partition coefficient (Wildman–Crippen LogP) is 4.38. The molecule has 6 nitrogen and oxygen atoms in total. The van der Waals surface area contributed by atoms with Gasteiger partial charge in [0.2, 0.25) is 15.9 Å². The lowest BCUT2D eigenvalue weighted by Crippen LogP contribution is -2.34. The van der Waals surface area contributed by atoms with Crippen LogP contribution in [0.1, 0.15) is 0 Å². The number of amides is 1. The molecule has 2 aromatic carbocycles. The second kappa shape index (κ2) is 8.59. The van der Waals surface area contributed by atoms with Crippen LogP contribution < -0.4 is 5.32 Å². The SMILES string of the molecule is CN(CC(=O)Nc1nc(-c2ccc(Cl)cc2Cl)cs1)S(=O)(=O)c1ccccc1. The molecule has 1 heterocycles. The Morgan fingerprint density at radius 1 is 1.18 bits per heavy atom. The van der Waals surface area contributed by atoms with Crippen molar-refractivity contribution in [1.29, 1.82) is 0 Å². The van der Waals surface area contributed by atoms with Crippen molar-refractivity contribution in [2.24, 2.45) is 0 Å². The van der Waals surface area contributed by atoms with Crippen molar-refractivity contribution in [3.8, 4) is 11.3 Å². The molecule has 10 heteroatoms. The van der Waals surface area contributed by atoms with Gasteiger partial charge in [-0.3, -0.25) is 4.79 Å². The van der Waals surface area contributed by atoms with Crippen LogP contribution in [0.3, 0.4) is 0 Å². The van der Waals surface area contributed by atoms with Gasteiger partial charge in [0.05, 0.1) is 22.2 Å². The first-order valence-electron chi connectivity index (χ1n) is 7.99. The third-order valence-corrected chi connectivity index (χ3v) is 6.90. The van der Waals surface area contributed by atoms with Gasteiger partial charge in [-0.25, -0.2) is 13.4 Å². The standard InChI is InChI=1S/C18H15Cl2N3O3S2/c1-23(28(25,26)13-5-3-2-4-6-13)10-17(24)22-18-21-16(11-27-18)14-8-7-12(19)9-15(14)20/h2-9,11H,10H2,1H3,(H,21,22,24). The molecule has 0 unspecified atom stereocenters. The summed E-state index contributed by atoms with van der Waals surface area (Å²) in [6.07, 6.45) is 0. The van der Waals surface area contributed by atoms with E-state index in [-0.39, 0.29) is 11.4 Å². The van der Waals surface area contributed by atoms with Crippen molar-refractivity contribution in [1.82, 2.24) is 9.29 Å². The first kappa shape index (κ1) is 20.8. The molecule has 0 saturated heterocycles. The van der Waals surface area contributed by atoms with Gasteiger partial charge < -0.3 is 5.32 Å². The van der Waals surface area contributed by atoms with Gasteiger partial charge in [0.1, 0.15) is 0 Å². The number of hydrogen-bond donors (Lipinski definition) is 1. The average Bonchev–Trinajstić information content (AvgIpc) is 3.10. The normalized spacial score (nSPS) is 11.6. The molecule has 0 bridgehead atoms. The number of nitrogens with zero attached hydrogens (tertiary/aromatic N) is 2. The van der Waals surface area contributed by atoms with Crippen molar-refractivity contribution in [3.63, 3.8) is 0 Å². The molecular weight excluding hydrogens is 441 g/mol. The number of aromatic nitrogens is 1. The zero-order valence-electron chi connectivity index (χ0n) is 14.6. The number of nitrogens with one attached hydrogen (secondary N) is 1. The average molecular weight is 456 g/mol. The van der Waals surface area contributed by atoms with Crippen molar-refractivity contribution in [2.75, 3.05) is 18.9 Å². The van der Waals surface area contributed by atoms with Crippen LogP contribution in [0.5, 0.6) is 0 Å². The number of thiazole rings is 1. The molecule has 0 atom stereocenters. The minimum absolute atomic E-state index is 0.124. The van der Waals surface area contributed by atoms with Gasteiger partial charge in [-0.1, -0.05) is 41.4 Å². The maximum atomic E-state index is 12.5. The maximum Gasteiger partial charge on any atom is 0.243 e. The van der Waals surface area contributed by atoms with Gasteiger partial charge in [-0.2, -0.15) is 4.31 Å². The van der Waals surface area contributed by atoms with Crippen LogP contribution in [0.15, 0.2) is 58.8 Å². The number of carbonyl (C=O) groups excluding carboxylic acids is 1. The lowest BCUT2D eigenvalue weighted by atomic mass is 10.2. The fourth-order valence-electron chi connectivity index (χ4n) is 2.37. The molecule has 146 valence electrons. The summed E-state index contributed by atoms with van der Waals surface area (Å²) in [5.41, 5.74) is 1.28. The highest BCUT2D eigenvalue weighted by Gasteiger charge is 2.23. The zero-order valence-corrected chi connectivity index (χ0v) is 17.7. The summed E-state index contributed by atoms with van der Waals surface area (Å²) in [5.74, 6) is -0.495. The lowest BCUT2D eigenvalue weighted by Gasteiger charge is -2.16. The van der Waals surface area contributed by atoms with Gasteiger partial charge in [0.15, 0.2) is 5.13 Å². The fraction of sp³-hybridized carbons (Fsp3) is 0.111. The monoisotopic (exact) mass is 455 g/mol. The highest BCUT2D eigenvalue weighted by molar-refractivity contribution is 7.89. The molecule has 0 aliphatic carbocycles.